The van der Waals surface area contributed by atoms with E-state index in [2.05, 4.69) is 14.9 Å². The molecule has 0 fully saturated rings. The molecule has 0 saturated carbocycles. The zero-order valence-electron chi connectivity index (χ0n) is 17.5. The van der Waals surface area contributed by atoms with Crippen molar-refractivity contribution in [1.82, 2.24) is 10.1 Å². The fraction of sp³-hybridized carbons (Fsp3) is 0.182. The Morgan fingerprint density at radius 2 is 1.58 bits per heavy atom. The Morgan fingerprint density at radius 3 is 2.26 bits per heavy atom. The number of hydrogen-bond donors (Lipinski definition) is 1. The van der Waals surface area contributed by atoms with E-state index < -0.39 is 0 Å². The van der Waals surface area contributed by atoms with Crippen LogP contribution in [0.15, 0.2) is 58.1 Å². The Labute approximate surface area is 183 Å². The van der Waals surface area contributed by atoms with Crippen LogP contribution in [0.1, 0.15) is 0 Å². The van der Waals surface area contributed by atoms with E-state index in [1.807, 2.05) is 42.5 Å². The zero-order valence-corrected chi connectivity index (χ0v) is 18.3. The second-order valence-corrected chi connectivity index (χ2v) is 7.18. The van der Waals surface area contributed by atoms with Crippen LogP contribution in [0, 0.1) is 0 Å². The van der Waals surface area contributed by atoms with Crippen molar-refractivity contribution in [2.75, 3.05) is 33.2 Å². The number of nitrogens with one attached hydrogen (secondary N) is 1. The van der Waals surface area contributed by atoms with E-state index in [0.29, 0.717) is 34.5 Å². The summed E-state index contributed by atoms with van der Waals surface area (Å²) >= 11 is 1.32. The molecule has 0 saturated heterocycles. The van der Waals surface area contributed by atoms with Crippen molar-refractivity contribution in [2.24, 2.45) is 0 Å². The van der Waals surface area contributed by atoms with Gasteiger partial charge in [0.25, 0.3) is 0 Å². The van der Waals surface area contributed by atoms with Gasteiger partial charge in [-0.3, -0.25) is 0 Å². The molecule has 0 radical (unpaired) electrons. The van der Waals surface area contributed by atoms with E-state index in [1.54, 1.807) is 34.6 Å². The first-order chi connectivity index (χ1) is 15.2. The van der Waals surface area contributed by atoms with Gasteiger partial charge in [-0.2, -0.15) is 0 Å². The van der Waals surface area contributed by atoms with Crippen molar-refractivity contribution >= 4 is 28.7 Å². The van der Waals surface area contributed by atoms with Crippen LogP contribution >= 0.6 is 11.9 Å². The third-order valence-electron chi connectivity index (χ3n) is 4.67. The molecule has 4 rings (SSSR count). The summed E-state index contributed by atoms with van der Waals surface area (Å²) in [6, 6.07) is 13.2. The molecule has 0 aliphatic rings. The van der Waals surface area contributed by atoms with Crippen LogP contribution in [0.3, 0.4) is 0 Å². The van der Waals surface area contributed by atoms with Crippen LogP contribution in [-0.2, 0) is 0 Å². The summed E-state index contributed by atoms with van der Waals surface area (Å²) in [5.74, 6) is 3.05. The molecule has 0 unspecified atom stereocenters. The number of benzene rings is 2. The van der Waals surface area contributed by atoms with E-state index in [9.17, 15) is 0 Å². The Balaban J connectivity index is 1.70. The predicted octanol–water partition coefficient (Wildman–Crippen LogP) is 5.04. The van der Waals surface area contributed by atoms with Gasteiger partial charge in [0.05, 0.1) is 28.4 Å². The number of nitrogens with zero attached hydrogens (tertiary/aromatic N) is 2. The third-order valence-corrected chi connectivity index (χ3v) is 5.57. The maximum atomic E-state index is 5.64. The van der Waals surface area contributed by atoms with Gasteiger partial charge in [-0.25, -0.2) is 4.98 Å². The minimum absolute atomic E-state index is 0.527. The van der Waals surface area contributed by atoms with Crippen LogP contribution in [0.4, 0.5) is 5.82 Å². The zero-order chi connectivity index (χ0) is 21.8. The van der Waals surface area contributed by atoms with Gasteiger partial charge in [0.15, 0.2) is 11.4 Å². The number of anilines is 1. The van der Waals surface area contributed by atoms with Crippen molar-refractivity contribution in [3.63, 3.8) is 0 Å². The molecule has 2 aromatic heterocycles. The van der Waals surface area contributed by atoms with E-state index >= 15 is 0 Å². The smallest absolute Gasteiger partial charge is 0.213 e. The quantitative estimate of drug-likeness (QED) is 0.379. The van der Waals surface area contributed by atoms with Crippen molar-refractivity contribution in [3.05, 3.63) is 48.7 Å². The number of ether oxygens (including phenoxy) is 4. The molecule has 8 nitrogen and oxygen atoms in total. The largest absolute Gasteiger partial charge is 0.496 e. The lowest BCUT2D eigenvalue weighted by Gasteiger charge is -2.12. The molecule has 0 spiro atoms. The highest BCUT2D eigenvalue weighted by Crippen LogP contribution is 2.41. The van der Waals surface area contributed by atoms with E-state index in [-0.39, 0.29) is 0 Å². The highest BCUT2D eigenvalue weighted by atomic mass is 32.2. The summed E-state index contributed by atoms with van der Waals surface area (Å²) in [4.78, 5) is 4.95. The highest BCUT2D eigenvalue weighted by molar-refractivity contribution is 8.00. The normalized spacial score (nSPS) is 10.7. The van der Waals surface area contributed by atoms with Crippen molar-refractivity contribution < 1.29 is 23.5 Å². The highest BCUT2D eigenvalue weighted by Gasteiger charge is 2.18. The lowest BCUT2D eigenvalue weighted by molar-refractivity contribution is 0.376. The molecule has 1 N–H and O–H groups in total. The van der Waals surface area contributed by atoms with Crippen LogP contribution in [-0.4, -0.2) is 38.6 Å². The van der Waals surface area contributed by atoms with Gasteiger partial charge >= 0.3 is 0 Å². The monoisotopic (exact) mass is 439 g/mol. The van der Waals surface area contributed by atoms with Crippen LogP contribution in [0.2, 0.25) is 0 Å². The molecule has 2 heterocycles. The van der Waals surface area contributed by atoms with E-state index in [0.717, 1.165) is 21.4 Å². The standard InChI is InChI=1S/C22H21N3O5S/c1-26-15-6-5-7-16(27-2)21(15)31-25-22-20-17(28-3)10-14(11-18(20)30-24-22)13-8-9-23-19(12-13)29-4/h5-12H,1-4H3,(H,24,25). The van der Waals surface area contributed by atoms with Crippen molar-refractivity contribution in [1.29, 1.82) is 0 Å². The number of methoxy groups -OCH3 is 4. The summed E-state index contributed by atoms with van der Waals surface area (Å²) < 4.78 is 30.6. The maximum Gasteiger partial charge on any atom is 0.213 e. The number of rotatable bonds is 8. The van der Waals surface area contributed by atoms with Gasteiger partial charge in [0, 0.05) is 12.3 Å². The van der Waals surface area contributed by atoms with Gasteiger partial charge in [-0.15, -0.1) is 0 Å². The second kappa shape index (κ2) is 9.05. The lowest BCUT2D eigenvalue weighted by atomic mass is 10.0. The summed E-state index contributed by atoms with van der Waals surface area (Å²) in [6.07, 6.45) is 1.69. The van der Waals surface area contributed by atoms with E-state index in [1.165, 1.54) is 11.9 Å². The fourth-order valence-corrected chi connectivity index (χ4v) is 3.99. The second-order valence-electron chi connectivity index (χ2n) is 6.37. The van der Waals surface area contributed by atoms with Crippen LogP contribution < -0.4 is 23.7 Å². The molecule has 0 amide bonds. The molecular weight excluding hydrogens is 418 g/mol. The Bertz CT molecular complexity index is 1190. The molecule has 31 heavy (non-hydrogen) atoms. The molecule has 4 aromatic rings. The first-order valence-electron chi connectivity index (χ1n) is 9.30. The molecule has 2 aromatic carbocycles. The molecule has 0 bridgehead atoms. The summed E-state index contributed by atoms with van der Waals surface area (Å²) in [5, 5.41) is 4.92. The Hall–Kier alpha value is -3.59. The maximum absolute atomic E-state index is 5.64. The van der Waals surface area contributed by atoms with Crippen LogP contribution in [0.5, 0.6) is 23.1 Å². The SMILES string of the molecule is COc1cc(-c2cc(OC)c3c(NSc4c(OC)cccc4OC)noc3c2)ccn1. The average Bonchev–Trinajstić information content (AvgIpc) is 3.24. The van der Waals surface area contributed by atoms with Crippen molar-refractivity contribution in [2.45, 2.75) is 4.90 Å². The molecular formula is C22H21N3O5S. The van der Waals surface area contributed by atoms with Gasteiger partial charge in [-0.1, -0.05) is 11.2 Å². The minimum Gasteiger partial charge on any atom is -0.496 e. The average molecular weight is 439 g/mol. The van der Waals surface area contributed by atoms with E-state index in [4.69, 9.17) is 23.5 Å². The molecule has 9 heteroatoms. The van der Waals surface area contributed by atoms with Gasteiger partial charge in [0.1, 0.15) is 27.5 Å². The summed E-state index contributed by atoms with van der Waals surface area (Å²) in [5.41, 5.74) is 2.40. The summed E-state index contributed by atoms with van der Waals surface area (Å²) in [7, 11) is 6.42. The number of pyridine rings is 1. The first kappa shape index (κ1) is 20.7. The fourth-order valence-electron chi connectivity index (χ4n) is 3.15. The number of hydrogen-bond acceptors (Lipinski definition) is 9. The van der Waals surface area contributed by atoms with Gasteiger partial charge in [-0.05, 0) is 53.4 Å². The molecule has 0 aliphatic carbocycles. The number of fused-ring (bicyclic) bond motifs is 1. The molecule has 0 atom stereocenters. The predicted molar refractivity (Wildman–Crippen MR) is 119 cm³/mol. The summed E-state index contributed by atoms with van der Waals surface area (Å²) in [6.45, 7) is 0. The minimum atomic E-state index is 0.527. The molecule has 160 valence electrons. The number of aromatic nitrogens is 2. The first-order valence-corrected chi connectivity index (χ1v) is 10.1. The third kappa shape index (κ3) is 4.04. The van der Waals surface area contributed by atoms with Crippen LogP contribution in [0.25, 0.3) is 22.1 Å². The van der Waals surface area contributed by atoms with Gasteiger partial charge in [0.2, 0.25) is 5.88 Å². The molecule has 0 aliphatic heterocycles. The topological polar surface area (TPSA) is 87.9 Å². The van der Waals surface area contributed by atoms with Crippen molar-refractivity contribution in [3.8, 4) is 34.3 Å². The lowest BCUT2D eigenvalue weighted by Crippen LogP contribution is -1.95. The Kier molecular flexibility index (Phi) is 6.03. The Morgan fingerprint density at radius 1 is 0.839 bits per heavy atom. The van der Waals surface area contributed by atoms with Gasteiger partial charge < -0.3 is 28.2 Å².